The summed E-state index contributed by atoms with van der Waals surface area (Å²) in [4.78, 5) is 11.7. The van der Waals surface area contributed by atoms with Crippen LogP contribution in [-0.2, 0) is 9.53 Å². The molecule has 0 saturated carbocycles. The lowest BCUT2D eigenvalue weighted by Crippen LogP contribution is -2.28. The van der Waals surface area contributed by atoms with Crippen molar-refractivity contribution in [2.24, 2.45) is 0 Å². The van der Waals surface area contributed by atoms with Crippen molar-refractivity contribution in [3.8, 4) is 0 Å². The number of methoxy groups -OCH3 is 1. The largest absolute Gasteiger partial charge is 0.385 e. The zero-order valence-electron chi connectivity index (χ0n) is 9.99. The summed E-state index contributed by atoms with van der Waals surface area (Å²) >= 11 is 6.06. The summed E-state index contributed by atoms with van der Waals surface area (Å²) in [6.45, 7) is 1.36. The number of amides is 1. The molecule has 17 heavy (non-hydrogen) atoms. The highest BCUT2D eigenvalue weighted by Crippen LogP contribution is 2.19. The molecule has 1 aromatic carbocycles. The molecule has 0 aliphatic rings. The number of rotatable bonds is 7. The molecule has 1 rings (SSSR count). The third kappa shape index (κ3) is 5.20. The minimum atomic E-state index is -0.612. The minimum Gasteiger partial charge on any atom is -0.385 e. The topological polar surface area (TPSA) is 38.3 Å². The first-order valence-electron chi connectivity index (χ1n) is 5.71. The van der Waals surface area contributed by atoms with E-state index in [-0.39, 0.29) is 5.91 Å². The first-order chi connectivity index (χ1) is 8.25. The first-order valence-corrected chi connectivity index (χ1v) is 6.15. The van der Waals surface area contributed by atoms with E-state index >= 15 is 0 Å². The fourth-order valence-electron chi connectivity index (χ4n) is 1.45. The van der Waals surface area contributed by atoms with Gasteiger partial charge in [0.25, 0.3) is 0 Å². The Morgan fingerprint density at radius 1 is 1.35 bits per heavy atom. The van der Waals surface area contributed by atoms with Gasteiger partial charge < -0.3 is 10.1 Å². The molecule has 94 valence electrons. The average molecular weight is 256 g/mol. The highest BCUT2D eigenvalue weighted by molar-refractivity contribution is 6.30. The summed E-state index contributed by atoms with van der Waals surface area (Å²) < 4.78 is 4.93. The van der Waals surface area contributed by atoms with Gasteiger partial charge in [0.2, 0.25) is 5.91 Å². The van der Waals surface area contributed by atoms with Gasteiger partial charge in [0.1, 0.15) is 5.38 Å². The maximum absolute atomic E-state index is 11.7. The van der Waals surface area contributed by atoms with Crippen molar-refractivity contribution in [3.63, 3.8) is 0 Å². The number of carbonyl (C=O) groups excluding carboxylic acids is 1. The molecule has 0 aliphatic carbocycles. The lowest BCUT2D eigenvalue weighted by Gasteiger charge is -2.10. The summed E-state index contributed by atoms with van der Waals surface area (Å²) in [6, 6.07) is 9.34. The molecule has 3 nitrogen and oxygen atoms in total. The van der Waals surface area contributed by atoms with Crippen LogP contribution in [0.4, 0.5) is 0 Å². The number of unbranched alkanes of at least 4 members (excludes halogenated alkanes) is 1. The quantitative estimate of drug-likeness (QED) is 0.601. The fourth-order valence-corrected chi connectivity index (χ4v) is 1.67. The van der Waals surface area contributed by atoms with Crippen LogP contribution in [0.25, 0.3) is 0 Å². The predicted molar refractivity (Wildman–Crippen MR) is 69.2 cm³/mol. The number of ether oxygens (including phenoxy) is 1. The maximum Gasteiger partial charge on any atom is 0.242 e. The molecule has 1 amide bonds. The van der Waals surface area contributed by atoms with Gasteiger partial charge in [-0.3, -0.25) is 4.79 Å². The van der Waals surface area contributed by atoms with E-state index in [9.17, 15) is 4.79 Å². The van der Waals surface area contributed by atoms with Crippen LogP contribution < -0.4 is 5.32 Å². The summed E-state index contributed by atoms with van der Waals surface area (Å²) in [5, 5.41) is 2.20. The maximum atomic E-state index is 11.7. The molecule has 0 aliphatic heterocycles. The zero-order valence-corrected chi connectivity index (χ0v) is 10.7. The summed E-state index contributed by atoms with van der Waals surface area (Å²) in [7, 11) is 1.67. The molecule has 1 N–H and O–H groups in total. The van der Waals surface area contributed by atoms with Crippen molar-refractivity contribution >= 4 is 17.5 Å². The summed E-state index contributed by atoms with van der Waals surface area (Å²) in [5.74, 6) is -0.143. The lowest BCUT2D eigenvalue weighted by molar-refractivity contribution is -0.120. The van der Waals surface area contributed by atoms with Crippen molar-refractivity contribution in [1.29, 1.82) is 0 Å². The van der Waals surface area contributed by atoms with Gasteiger partial charge in [-0.2, -0.15) is 0 Å². The van der Waals surface area contributed by atoms with E-state index in [1.165, 1.54) is 0 Å². The van der Waals surface area contributed by atoms with E-state index < -0.39 is 5.38 Å². The predicted octanol–water partition coefficient (Wildman–Crippen LogP) is 2.51. The average Bonchev–Trinajstić information content (AvgIpc) is 2.38. The Morgan fingerprint density at radius 3 is 2.71 bits per heavy atom. The molecule has 0 saturated heterocycles. The first kappa shape index (κ1) is 14.0. The van der Waals surface area contributed by atoms with Crippen LogP contribution in [0.1, 0.15) is 23.8 Å². The van der Waals surface area contributed by atoms with Crippen LogP contribution in [0, 0.1) is 0 Å². The van der Waals surface area contributed by atoms with Crippen LogP contribution in [0.2, 0.25) is 0 Å². The third-order valence-electron chi connectivity index (χ3n) is 2.40. The van der Waals surface area contributed by atoms with E-state index in [0.29, 0.717) is 6.54 Å². The number of halogens is 1. The normalized spacial score (nSPS) is 12.1. The second-order valence-corrected chi connectivity index (χ2v) is 4.20. The van der Waals surface area contributed by atoms with Gasteiger partial charge in [0.15, 0.2) is 0 Å². The van der Waals surface area contributed by atoms with Crippen molar-refractivity contribution in [2.45, 2.75) is 18.2 Å². The highest BCUT2D eigenvalue weighted by Gasteiger charge is 2.16. The lowest BCUT2D eigenvalue weighted by atomic mass is 10.1. The number of carbonyl (C=O) groups is 1. The molecule has 0 heterocycles. The molecule has 1 aromatic rings. The second-order valence-electron chi connectivity index (χ2n) is 3.76. The number of hydrogen-bond donors (Lipinski definition) is 1. The molecule has 1 atom stereocenters. The van der Waals surface area contributed by atoms with Gasteiger partial charge in [-0.25, -0.2) is 0 Å². The van der Waals surface area contributed by atoms with Crippen molar-refractivity contribution < 1.29 is 9.53 Å². The van der Waals surface area contributed by atoms with Crippen LogP contribution in [0.3, 0.4) is 0 Å². The molecular weight excluding hydrogens is 238 g/mol. The molecule has 0 fully saturated rings. The number of nitrogens with one attached hydrogen (secondary N) is 1. The molecule has 0 radical (unpaired) electrons. The number of benzene rings is 1. The zero-order chi connectivity index (χ0) is 12.5. The van der Waals surface area contributed by atoms with Gasteiger partial charge in [-0.1, -0.05) is 30.3 Å². The number of alkyl halides is 1. The molecule has 0 bridgehead atoms. The Bertz CT molecular complexity index is 329. The van der Waals surface area contributed by atoms with E-state index in [4.69, 9.17) is 16.3 Å². The second kappa shape index (κ2) is 8.09. The van der Waals surface area contributed by atoms with Crippen LogP contribution in [0.15, 0.2) is 30.3 Å². The van der Waals surface area contributed by atoms with Gasteiger partial charge in [0.05, 0.1) is 0 Å². The highest BCUT2D eigenvalue weighted by atomic mass is 35.5. The van der Waals surface area contributed by atoms with E-state index in [2.05, 4.69) is 5.32 Å². The van der Waals surface area contributed by atoms with Gasteiger partial charge in [-0.05, 0) is 18.4 Å². The van der Waals surface area contributed by atoms with Crippen molar-refractivity contribution in [2.75, 3.05) is 20.3 Å². The Kier molecular flexibility index (Phi) is 6.67. The Balaban J connectivity index is 2.28. The summed E-state index contributed by atoms with van der Waals surface area (Å²) in [6.07, 6.45) is 1.84. The molecule has 4 heteroatoms. The smallest absolute Gasteiger partial charge is 0.242 e. The van der Waals surface area contributed by atoms with E-state index in [1.807, 2.05) is 30.3 Å². The standard InChI is InChI=1S/C13H18ClNO2/c1-17-10-6-5-9-15-13(16)12(14)11-7-3-2-4-8-11/h2-4,7-8,12H,5-6,9-10H2,1H3,(H,15,16). The van der Waals surface area contributed by atoms with Crippen LogP contribution in [0.5, 0.6) is 0 Å². The minimum absolute atomic E-state index is 0.143. The molecule has 0 aromatic heterocycles. The molecular formula is C13H18ClNO2. The van der Waals surface area contributed by atoms with Gasteiger partial charge in [0, 0.05) is 20.3 Å². The number of hydrogen-bond acceptors (Lipinski definition) is 2. The van der Waals surface area contributed by atoms with Gasteiger partial charge in [-0.15, -0.1) is 11.6 Å². The summed E-state index contributed by atoms with van der Waals surface area (Å²) in [5.41, 5.74) is 0.823. The van der Waals surface area contributed by atoms with Crippen LogP contribution in [-0.4, -0.2) is 26.2 Å². The monoisotopic (exact) mass is 255 g/mol. The molecule has 0 spiro atoms. The SMILES string of the molecule is COCCCCNC(=O)C(Cl)c1ccccc1. The Hall–Kier alpha value is -1.06. The van der Waals surface area contributed by atoms with Crippen molar-refractivity contribution in [3.05, 3.63) is 35.9 Å². The van der Waals surface area contributed by atoms with Crippen molar-refractivity contribution in [1.82, 2.24) is 5.32 Å². The fraction of sp³-hybridized carbons (Fsp3) is 0.462. The van der Waals surface area contributed by atoms with Gasteiger partial charge >= 0.3 is 0 Å². The Morgan fingerprint density at radius 2 is 2.06 bits per heavy atom. The van der Waals surface area contributed by atoms with Crippen LogP contribution >= 0.6 is 11.6 Å². The Labute approximate surface area is 107 Å². The van der Waals surface area contributed by atoms with E-state index in [0.717, 1.165) is 25.0 Å². The molecule has 1 unspecified atom stereocenters. The third-order valence-corrected chi connectivity index (χ3v) is 2.85. The van der Waals surface area contributed by atoms with E-state index in [1.54, 1.807) is 7.11 Å².